The normalized spacial score (nSPS) is 11.3. The molecule has 0 saturated heterocycles. The monoisotopic (exact) mass is 424 g/mol. The predicted octanol–water partition coefficient (Wildman–Crippen LogP) is 4.33. The Bertz CT molecular complexity index is 1240. The Hall–Kier alpha value is -2.84. The molecule has 0 aliphatic carbocycles. The zero-order valence-electron chi connectivity index (χ0n) is 16.3. The molecule has 3 heterocycles. The van der Waals surface area contributed by atoms with E-state index in [4.69, 9.17) is 0 Å². The highest BCUT2D eigenvalue weighted by atomic mass is 32.1. The molecule has 0 spiro atoms. The number of nitrogens with zero attached hydrogens (tertiary/aromatic N) is 3. The van der Waals surface area contributed by atoms with Crippen molar-refractivity contribution in [2.75, 3.05) is 5.43 Å². The van der Waals surface area contributed by atoms with E-state index in [0.29, 0.717) is 21.8 Å². The fraction of sp³-hybridized carbons (Fsp3) is 0.238. The summed E-state index contributed by atoms with van der Waals surface area (Å²) < 4.78 is 1.17. The van der Waals surface area contributed by atoms with Gasteiger partial charge in [-0.3, -0.25) is 15.0 Å². The van der Waals surface area contributed by atoms with Crippen molar-refractivity contribution in [2.24, 2.45) is 0 Å². The second-order valence-corrected chi connectivity index (χ2v) is 9.14. The van der Waals surface area contributed by atoms with Crippen LogP contribution in [-0.4, -0.2) is 20.6 Å². The van der Waals surface area contributed by atoms with Gasteiger partial charge in [0.2, 0.25) is 5.91 Å². The predicted molar refractivity (Wildman–Crippen MR) is 118 cm³/mol. The van der Waals surface area contributed by atoms with Crippen LogP contribution in [0.15, 0.2) is 46.8 Å². The van der Waals surface area contributed by atoms with Gasteiger partial charge in [0.25, 0.3) is 5.56 Å². The molecule has 6 nitrogen and oxygen atoms in total. The number of thiazole rings is 1. The summed E-state index contributed by atoms with van der Waals surface area (Å²) in [6.45, 7) is 6.11. The Morgan fingerprint density at radius 1 is 1.24 bits per heavy atom. The highest BCUT2D eigenvalue weighted by molar-refractivity contribution is 7.19. The minimum Gasteiger partial charge on any atom is -0.273 e. The molecule has 3 aromatic heterocycles. The Kier molecular flexibility index (Phi) is 5.29. The lowest BCUT2D eigenvalue weighted by molar-refractivity contribution is -0.116. The van der Waals surface area contributed by atoms with E-state index in [0.717, 1.165) is 21.0 Å². The van der Waals surface area contributed by atoms with Crippen molar-refractivity contribution in [1.82, 2.24) is 14.6 Å². The standard InChI is InChI=1S/C21H20N4O2S2/c1-12(2)19-23-15(10-28-19)9-16(26)24-25-11-22-20-18(21(25)27)17(13(3)29-20)14-7-5-4-6-8-14/h4-8,10-12H,9H2,1-3H3,(H,24,26). The molecule has 4 aromatic rings. The first kappa shape index (κ1) is 19.5. The van der Waals surface area contributed by atoms with Crippen molar-refractivity contribution < 1.29 is 4.79 Å². The van der Waals surface area contributed by atoms with E-state index in [2.05, 4.69) is 29.2 Å². The minimum atomic E-state index is -0.304. The molecule has 0 unspecified atom stereocenters. The molecule has 0 saturated carbocycles. The van der Waals surface area contributed by atoms with E-state index in [1.165, 1.54) is 22.3 Å². The highest BCUT2D eigenvalue weighted by Crippen LogP contribution is 2.35. The molecule has 0 bridgehead atoms. The second-order valence-electron chi connectivity index (χ2n) is 7.04. The van der Waals surface area contributed by atoms with Crippen LogP contribution in [0.3, 0.4) is 0 Å². The van der Waals surface area contributed by atoms with Crippen molar-refractivity contribution in [3.05, 3.63) is 68.0 Å². The van der Waals surface area contributed by atoms with Crippen LogP contribution < -0.4 is 11.0 Å². The third kappa shape index (κ3) is 3.86. The first-order chi connectivity index (χ1) is 13.9. The third-order valence-corrected chi connectivity index (χ3v) is 6.71. The van der Waals surface area contributed by atoms with Crippen molar-refractivity contribution in [3.63, 3.8) is 0 Å². The van der Waals surface area contributed by atoms with Crippen molar-refractivity contribution in [1.29, 1.82) is 0 Å². The Morgan fingerprint density at radius 2 is 2.00 bits per heavy atom. The van der Waals surface area contributed by atoms with Gasteiger partial charge >= 0.3 is 0 Å². The fourth-order valence-corrected chi connectivity index (χ4v) is 4.98. The van der Waals surface area contributed by atoms with Gasteiger partial charge in [-0.1, -0.05) is 44.2 Å². The maximum atomic E-state index is 13.1. The lowest BCUT2D eigenvalue weighted by atomic mass is 10.0. The average Bonchev–Trinajstić information content (AvgIpc) is 3.29. The van der Waals surface area contributed by atoms with Gasteiger partial charge in [0.05, 0.1) is 22.5 Å². The molecule has 1 aromatic carbocycles. The van der Waals surface area contributed by atoms with Gasteiger partial charge in [-0.25, -0.2) is 14.6 Å². The number of fused-ring (bicyclic) bond motifs is 1. The molecule has 0 aliphatic rings. The number of aryl methyl sites for hydroxylation is 1. The maximum Gasteiger partial charge on any atom is 0.281 e. The maximum absolute atomic E-state index is 13.1. The summed E-state index contributed by atoms with van der Waals surface area (Å²) in [6, 6.07) is 9.76. The second kappa shape index (κ2) is 7.88. The summed E-state index contributed by atoms with van der Waals surface area (Å²) in [4.78, 5) is 36.1. The van der Waals surface area contributed by atoms with E-state index in [1.807, 2.05) is 42.6 Å². The summed E-state index contributed by atoms with van der Waals surface area (Å²) in [5.74, 6) is 0.0198. The van der Waals surface area contributed by atoms with E-state index in [1.54, 1.807) is 11.3 Å². The third-order valence-electron chi connectivity index (χ3n) is 4.50. The van der Waals surface area contributed by atoms with Crippen LogP contribution in [0.4, 0.5) is 0 Å². The number of hydrogen-bond acceptors (Lipinski definition) is 6. The summed E-state index contributed by atoms with van der Waals surface area (Å²) in [7, 11) is 0. The van der Waals surface area contributed by atoms with Gasteiger partial charge in [0.15, 0.2) is 0 Å². The zero-order chi connectivity index (χ0) is 20.5. The largest absolute Gasteiger partial charge is 0.281 e. The SMILES string of the molecule is Cc1sc2ncn(NC(=O)Cc3csc(C(C)C)n3)c(=O)c2c1-c1ccccc1. The van der Waals surface area contributed by atoms with Crippen LogP contribution in [0, 0.1) is 6.92 Å². The molecule has 1 amide bonds. The Balaban J connectivity index is 1.65. The highest BCUT2D eigenvalue weighted by Gasteiger charge is 2.18. The van der Waals surface area contributed by atoms with Crippen molar-refractivity contribution in [3.8, 4) is 11.1 Å². The number of carbonyl (C=O) groups is 1. The quantitative estimate of drug-likeness (QED) is 0.517. The van der Waals surface area contributed by atoms with E-state index < -0.39 is 0 Å². The van der Waals surface area contributed by atoms with Crippen LogP contribution >= 0.6 is 22.7 Å². The molecule has 0 aliphatic heterocycles. The number of amides is 1. The van der Waals surface area contributed by atoms with Crippen molar-refractivity contribution in [2.45, 2.75) is 33.1 Å². The molecular weight excluding hydrogens is 404 g/mol. The van der Waals surface area contributed by atoms with Crippen LogP contribution in [0.25, 0.3) is 21.3 Å². The summed E-state index contributed by atoms with van der Waals surface area (Å²) in [5.41, 5.74) is 4.90. The number of rotatable bonds is 5. The Labute approximate surface area is 175 Å². The van der Waals surface area contributed by atoms with Gasteiger partial charge in [-0.05, 0) is 12.5 Å². The Morgan fingerprint density at radius 3 is 2.69 bits per heavy atom. The average molecular weight is 425 g/mol. The molecule has 4 rings (SSSR count). The van der Waals surface area contributed by atoms with Crippen LogP contribution in [0.2, 0.25) is 0 Å². The number of carbonyl (C=O) groups excluding carboxylic acids is 1. The van der Waals surface area contributed by atoms with Gasteiger partial charge in [0, 0.05) is 21.7 Å². The molecule has 148 valence electrons. The molecule has 29 heavy (non-hydrogen) atoms. The van der Waals surface area contributed by atoms with Gasteiger partial charge in [-0.2, -0.15) is 0 Å². The summed E-state index contributed by atoms with van der Waals surface area (Å²) >= 11 is 3.02. The lowest BCUT2D eigenvalue weighted by Crippen LogP contribution is -2.34. The zero-order valence-corrected chi connectivity index (χ0v) is 17.9. The van der Waals surface area contributed by atoms with E-state index in [9.17, 15) is 9.59 Å². The van der Waals surface area contributed by atoms with Gasteiger partial charge in [0.1, 0.15) is 11.2 Å². The number of nitrogens with one attached hydrogen (secondary N) is 1. The molecule has 0 radical (unpaired) electrons. The van der Waals surface area contributed by atoms with E-state index in [-0.39, 0.29) is 17.9 Å². The number of benzene rings is 1. The lowest BCUT2D eigenvalue weighted by Gasteiger charge is -2.08. The van der Waals surface area contributed by atoms with E-state index >= 15 is 0 Å². The fourth-order valence-electron chi connectivity index (χ4n) is 3.14. The molecule has 0 fully saturated rings. The smallest absolute Gasteiger partial charge is 0.273 e. The first-order valence-corrected chi connectivity index (χ1v) is 10.9. The first-order valence-electron chi connectivity index (χ1n) is 9.24. The molecule has 1 N–H and O–H groups in total. The molecule has 8 heteroatoms. The number of aromatic nitrogens is 3. The van der Waals surface area contributed by atoms with Crippen LogP contribution in [0.1, 0.15) is 35.3 Å². The molecular formula is C21H20N4O2S2. The number of thiophene rings is 1. The van der Waals surface area contributed by atoms with Gasteiger partial charge in [-0.15, -0.1) is 22.7 Å². The summed E-state index contributed by atoms with van der Waals surface area (Å²) in [6.07, 6.45) is 1.48. The minimum absolute atomic E-state index is 0.113. The molecule has 0 atom stereocenters. The summed E-state index contributed by atoms with van der Waals surface area (Å²) in [5, 5.41) is 3.40. The number of hydrogen-bond donors (Lipinski definition) is 1. The van der Waals surface area contributed by atoms with Crippen molar-refractivity contribution >= 4 is 38.8 Å². The topological polar surface area (TPSA) is 76.9 Å². The van der Waals surface area contributed by atoms with Gasteiger partial charge < -0.3 is 0 Å². The van der Waals surface area contributed by atoms with Crippen LogP contribution in [0.5, 0.6) is 0 Å². The van der Waals surface area contributed by atoms with Crippen LogP contribution in [-0.2, 0) is 11.2 Å².